The second-order valence-electron chi connectivity index (χ2n) is 4.94. The molecule has 1 heterocycles. The lowest BCUT2D eigenvalue weighted by atomic mass is 9.97. The molecule has 0 unspecified atom stereocenters. The summed E-state index contributed by atoms with van der Waals surface area (Å²) in [5, 5.41) is -0.0835. The minimum absolute atomic E-state index is 0.0630. The number of amides is 1. The summed E-state index contributed by atoms with van der Waals surface area (Å²) in [6.07, 6.45) is 1.37. The molecule has 2 rings (SSSR count). The van der Waals surface area contributed by atoms with Gasteiger partial charge in [0, 0.05) is 13.1 Å². The monoisotopic (exact) mass is 313 g/mol. The van der Waals surface area contributed by atoms with Crippen molar-refractivity contribution in [1.29, 1.82) is 0 Å². The van der Waals surface area contributed by atoms with E-state index in [-0.39, 0.29) is 29.0 Å². The number of hydrogen-bond donors (Lipinski definition) is 0. The summed E-state index contributed by atoms with van der Waals surface area (Å²) in [7, 11) is 0. The standard InChI is InChI=1S/C15H17ClFNO3/c1-2-21-15(20)10-5-4-8-18(9-10)14(19)11-6-3-7-12(16)13(11)17/h3,6-7,10H,2,4-5,8-9H2,1H3/t10-/m0/s1. The van der Waals surface area contributed by atoms with Crippen molar-refractivity contribution in [1.82, 2.24) is 4.90 Å². The highest BCUT2D eigenvalue weighted by Crippen LogP contribution is 2.23. The third-order valence-electron chi connectivity index (χ3n) is 3.51. The Bertz CT molecular complexity index is 550. The predicted octanol–water partition coefficient (Wildman–Crippen LogP) is 2.89. The Morgan fingerprint density at radius 1 is 1.48 bits per heavy atom. The van der Waals surface area contributed by atoms with Gasteiger partial charge in [0.05, 0.1) is 23.1 Å². The Hall–Kier alpha value is -1.62. The fraction of sp³-hybridized carbons (Fsp3) is 0.467. The van der Waals surface area contributed by atoms with Crippen LogP contribution in [0.3, 0.4) is 0 Å². The number of carbonyl (C=O) groups is 2. The average Bonchev–Trinajstić information content (AvgIpc) is 2.50. The second-order valence-corrected chi connectivity index (χ2v) is 5.35. The highest BCUT2D eigenvalue weighted by molar-refractivity contribution is 6.31. The number of ether oxygens (including phenoxy) is 1. The van der Waals surface area contributed by atoms with Crippen molar-refractivity contribution < 1.29 is 18.7 Å². The quantitative estimate of drug-likeness (QED) is 0.806. The van der Waals surface area contributed by atoms with Gasteiger partial charge in [-0.05, 0) is 31.9 Å². The number of esters is 1. The Labute approximate surface area is 127 Å². The number of likely N-dealkylation sites (tertiary alicyclic amines) is 1. The van der Waals surface area contributed by atoms with Crippen molar-refractivity contribution >= 4 is 23.5 Å². The molecule has 0 radical (unpaired) electrons. The van der Waals surface area contributed by atoms with Crippen LogP contribution < -0.4 is 0 Å². The number of halogens is 2. The van der Waals surface area contributed by atoms with Gasteiger partial charge in [0.1, 0.15) is 0 Å². The number of nitrogens with zero attached hydrogens (tertiary/aromatic N) is 1. The number of piperidine rings is 1. The molecule has 0 bridgehead atoms. The zero-order valence-corrected chi connectivity index (χ0v) is 12.5. The van der Waals surface area contributed by atoms with E-state index in [9.17, 15) is 14.0 Å². The van der Waals surface area contributed by atoms with Crippen LogP contribution in [0.1, 0.15) is 30.1 Å². The van der Waals surface area contributed by atoms with Crippen LogP contribution in [0.25, 0.3) is 0 Å². The summed E-state index contributed by atoms with van der Waals surface area (Å²) in [6, 6.07) is 4.33. The molecule has 0 saturated carbocycles. The van der Waals surface area contributed by atoms with Crippen molar-refractivity contribution in [3.05, 3.63) is 34.6 Å². The Morgan fingerprint density at radius 2 is 2.24 bits per heavy atom. The molecule has 1 amide bonds. The van der Waals surface area contributed by atoms with Crippen molar-refractivity contribution in [2.24, 2.45) is 5.92 Å². The molecule has 1 aliphatic rings. The summed E-state index contributed by atoms with van der Waals surface area (Å²) >= 11 is 5.70. The first-order valence-electron chi connectivity index (χ1n) is 6.94. The first-order chi connectivity index (χ1) is 10.0. The first kappa shape index (κ1) is 15.8. The van der Waals surface area contributed by atoms with Gasteiger partial charge in [-0.2, -0.15) is 0 Å². The molecule has 1 aliphatic heterocycles. The van der Waals surface area contributed by atoms with Gasteiger partial charge < -0.3 is 9.64 Å². The van der Waals surface area contributed by atoms with E-state index in [2.05, 4.69) is 0 Å². The highest BCUT2D eigenvalue weighted by Gasteiger charge is 2.30. The fourth-order valence-electron chi connectivity index (χ4n) is 2.45. The van der Waals surface area contributed by atoms with E-state index in [0.717, 1.165) is 0 Å². The summed E-state index contributed by atoms with van der Waals surface area (Å²) in [5.74, 6) is -1.81. The van der Waals surface area contributed by atoms with Crippen LogP contribution in [0.4, 0.5) is 4.39 Å². The largest absolute Gasteiger partial charge is 0.466 e. The van der Waals surface area contributed by atoms with E-state index in [1.807, 2.05) is 0 Å². The van der Waals surface area contributed by atoms with Gasteiger partial charge in [-0.1, -0.05) is 17.7 Å². The third kappa shape index (κ3) is 3.53. The van der Waals surface area contributed by atoms with Crippen molar-refractivity contribution in [3.63, 3.8) is 0 Å². The second kappa shape index (κ2) is 6.89. The average molecular weight is 314 g/mol. The normalized spacial score (nSPS) is 18.4. The van der Waals surface area contributed by atoms with Gasteiger partial charge in [-0.3, -0.25) is 9.59 Å². The molecule has 6 heteroatoms. The summed E-state index contributed by atoms with van der Waals surface area (Å²) in [6.45, 7) is 2.81. The molecule has 1 atom stereocenters. The fourth-order valence-corrected chi connectivity index (χ4v) is 2.63. The Kier molecular flexibility index (Phi) is 5.17. The Morgan fingerprint density at radius 3 is 2.95 bits per heavy atom. The lowest BCUT2D eigenvalue weighted by Gasteiger charge is -2.31. The van der Waals surface area contributed by atoms with Crippen molar-refractivity contribution in [2.45, 2.75) is 19.8 Å². The van der Waals surface area contributed by atoms with E-state index >= 15 is 0 Å². The molecule has 0 N–H and O–H groups in total. The maximum absolute atomic E-state index is 13.9. The van der Waals surface area contributed by atoms with Gasteiger partial charge in [0.15, 0.2) is 5.82 Å². The minimum atomic E-state index is -0.720. The van der Waals surface area contributed by atoms with Crippen LogP contribution in [-0.4, -0.2) is 36.5 Å². The lowest BCUT2D eigenvalue weighted by molar-refractivity contribution is -0.149. The van der Waals surface area contributed by atoms with Gasteiger partial charge >= 0.3 is 5.97 Å². The Balaban J connectivity index is 2.12. The van der Waals surface area contributed by atoms with Crippen LogP contribution in [0, 0.1) is 11.7 Å². The lowest BCUT2D eigenvalue weighted by Crippen LogP contribution is -2.43. The molecular formula is C15H17ClFNO3. The molecule has 0 aromatic heterocycles. The maximum Gasteiger partial charge on any atom is 0.310 e. The topological polar surface area (TPSA) is 46.6 Å². The van der Waals surface area contributed by atoms with Gasteiger partial charge in [-0.25, -0.2) is 4.39 Å². The van der Waals surface area contributed by atoms with Gasteiger partial charge in [0.2, 0.25) is 0 Å². The summed E-state index contributed by atoms with van der Waals surface area (Å²) in [4.78, 5) is 25.6. The number of hydrogen-bond acceptors (Lipinski definition) is 3. The van der Waals surface area contributed by atoms with E-state index < -0.39 is 11.7 Å². The minimum Gasteiger partial charge on any atom is -0.466 e. The predicted molar refractivity (Wildman–Crippen MR) is 76.7 cm³/mol. The zero-order chi connectivity index (χ0) is 15.4. The van der Waals surface area contributed by atoms with Gasteiger partial charge in [-0.15, -0.1) is 0 Å². The van der Waals surface area contributed by atoms with E-state index in [4.69, 9.17) is 16.3 Å². The maximum atomic E-state index is 13.9. The molecule has 1 saturated heterocycles. The van der Waals surface area contributed by atoms with Crippen molar-refractivity contribution in [3.8, 4) is 0 Å². The smallest absolute Gasteiger partial charge is 0.310 e. The molecule has 0 aliphatic carbocycles. The number of benzene rings is 1. The van der Waals surface area contributed by atoms with Crippen LogP contribution in [0.15, 0.2) is 18.2 Å². The molecular weight excluding hydrogens is 297 g/mol. The third-order valence-corrected chi connectivity index (χ3v) is 3.80. The number of rotatable bonds is 3. The van der Waals surface area contributed by atoms with Crippen LogP contribution >= 0.6 is 11.6 Å². The van der Waals surface area contributed by atoms with E-state index in [0.29, 0.717) is 26.0 Å². The van der Waals surface area contributed by atoms with Crippen molar-refractivity contribution in [2.75, 3.05) is 19.7 Å². The van der Waals surface area contributed by atoms with E-state index in [1.54, 1.807) is 6.92 Å². The van der Waals surface area contributed by atoms with E-state index in [1.165, 1.54) is 23.1 Å². The van der Waals surface area contributed by atoms with Gasteiger partial charge in [0.25, 0.3) is 5.91 Å². The summed E-state index contributed by atoms with van der Waals surface area (Å²) < 4.78 is 18.9. The van der Waals surface area contributed by atoms with Crippen LogP contribution in [0.5, 0.6) is 0 Å². The molecule has 1 fully saturated rings. The molecule has 21 heavy (non-hydrogen) atoms. The molecule has 4 nitrogen and oxygen atoms in total. The molecule has 114 valence electrons. The van der Waals surface area contributed by atoms with Crippen LogP contribution in [0.2, 0.25) is 5.02 Å². The SMILES string of the molecule is CCOC(=O)[C@H]1CCCN(C(=O)c2cccc(Cl)c2F)C1. The molecule has 1 aromatic rings. The highest BCUT2D eigenvalue weighted by atomic mass is 35.5. The zero-order valence-electron chi connectivity index (χ0n) is 11.8. The molecule has 0 spiro atoms. The first-order valence-corrected chi connectivity index (χ1v) is 7.32. The number of carbonyl (C=O) groups excluding carboxylic acids is 2. The molecule has 1 aromatic carbocycles. The summed E-state index contributed by atoms with van der Waals surface area (Å²) in [5.41, 5.74) is -0.0630. The van der Waals surface area contributed by atoms with Crippen LogP contribution in [-0.2, 0) is 9.53 Å².